The molecule has 0 aromatic rings. The monoisotopic (exact) mass is 410 g/mol. The van der Waals surface area contributed by atoms with Crippen molar-refractivity contribution in [2.45, 2.75) is 74.0 Å². The van der Waals surface area contributed by atoms with Crippen molar-refractivity contribution in [1.82, 2.24) is 0 Å². The second kappa shape index (κ2) is 15.2. The molecule has 3 atom stereocenters. The van der Waals surface area contributed by atoms with Crippen LogP contribution < -0.4 is 0 Å². The van der Waals surface area contributed by atoms with E-state index in [9.17, 15) is 4.79 Å². The fourth-order valence-electron chi connectivity index (χ4n) is 2.82. The molecule has 0 aromatic heterocycles. The van der Waals surface area contributed by atoms with Gasteiger partial charge in [0.2, 0.25) is 0 Å². The fourth-order valence-corrected chi connectivity index (χ4v) is 3.32. The van der Waals surface area contributed by atoms with Crippen molar-refractivity contribution in [3.8, 4) is 0 Å². The standard InChI is InChI=1S/C10H19BrO2.C8H16O2.CH4/c1-4-13-10(12)6-9(7-11)5-8(2)3;1-6(2)3-7-4-8(9)10-5-7;/h8-9H,4-7H2,1-3H3;6-9H,3-5H2,1-2H3;1H4/t9-;7-,8?;/m00./s1. The van der Waals surface area contributed by atoms with Gasteiger partial charge in [0, 0.05) is 18.2 Å². The van der Waals surface area contributed by atoms with Gasteiger partial charge < -0.3 is 14.6 Å². The Morgan fingerprint density at radius 2 is 1.92 bits per heavy atom. The minimum Gasteiger partial charge on any atom is -0.466 e. The van der Waals surface area contributed by atoms with Crippen LogP contribution in [-0.4, -0.2) is 35.9 Å². The molecule has 1 rings (SSSR count). The highest BCUT2D eigenvalue weighted by Gasteiger charge is 2.23. The molecule has 0 aromatic carbocycles. The van der Waals surface area contributed by atoms with Gasteiger partial charge in [-0.1, -0.05) is 51.1 Å². The van der Waals surface area contributed by atoms with Crippen molar-refractivity contribution in [3.63, 3.8) is 0 Å². The number of carbonyl (C=O) groups excluding carboxylic acids is 1. The van der Waals surface area contributed by atoms with E-state index >= 15 is 0 Å². The third kappa shape index (κ3) is 14.2. The molecule has 0 spiro atoms. The molecule has 1 saturated heterocycles. The topological polar surface area (TPSA) is 55.8 Å². The normalized spacial score (nSPS) is 21.0. The zero-order chi connectivity index (χ0) is 17.8. The zero-order valence-corrected chi connectivity index (χ0v) is 17.0. The molecule has 0 bridgehead atoms. The van der Waals surface area contributed by atoms with E-state index in [0.29, 0.717) is 30.8 Å². The van der Waals surface area contributed by atoms with Crippen molar-refractivity contribution < 1.29 is 19.4 Å². The van der Waals surface area contributed by atoms with E-state index in [-0.39, 0.29) is 13.4 Å². The average Bonchev–Trinajstić information content (AvgIpc) is 2.83. The fraction of sp³-hybridized carbons (Fsp3) is 0.947. The van der Waals surface area contributed by atoms with Gasteiger partial charge in [-0.2, -0.15) is 0 Å². The highest BCUT2D eigenvalue weighted by atomic mass is 79.9. The maximum absolute atomic E-state index is 11.2. The molecule has 1 aliphatic rings. The van der Waals surface area contributed by atoms with Gasteiger partial charge in [-0.3, -0.25) is 4.79 Å². The molecule has 1 aliphatic heterocycles. The number of hydrogen-bond acceptors (Lipinski definition) is 4. The summed E-state index contributed by atoms with van der Waals surface area (Å²) < 4.78 is 9.92. The Morgan fingerprint density at radius 1 is 1.29 bits per heavy atom. The van der Waals surface area contributed by atoms with Gasteiger partial charge in [0.25, 0.3) is 0 Å². The lowest BCUT2D eigenvalue weighted by Gasteiger charge is -2.14. The van der Waals surface area contributed by atoms with Gasteiger partial charge in [-0.05, 0) is 43.4 Å². The number of aliphatic hydroxyl groups excluding tert-OH is 1. The molecule has 1 fully saturated rings. The van der Waals surface area contributed by atoms with E-state index in [4.69, 9.17) is 14.6 Å². The molecule has 0 amide bonds. The molecular formula is C19H39BrO4. The van der Waals surface area contributed by atoms with Crippen molar-refractivity contribution >= 4 is 21.9 Å². The quantitative estimate of drug-likeness (QED) is 0.450. The first-order chi connectivity index (χ1) is 10.8. The number of esters is 1. The van der Waals surface area contributed by atoms with E-state index in [1.807, 2.05) is 6.92 Å². The molecule has 0 aliphatic carbocycles. The first-order valence-electron chi connectivity index (χ1n) is 8.79. The van der Waals surface area contributed by atoms with Crippen LogP contribution in [0.5, 0.6) is 0 Å². The van der Waals surface area contributed by atoms with Crippen LogP contribution in [0.25, 0.3) is 0 Å². The molecule has 1 N–H and O–H groups in total. The van der Waals surface area contributed by atoms with Crippen LogP contribution >= 0.6 is 15.9 Å². The zero-order valence-electron chi connectivity index (χ0n) is 15.4. The smallest absolute Gasteiger partial charge is 0.306 e. The first-order valence-corrected chi connectivity index (χ1v) is 9.91. The van der Waals surface area contributed by atoms with Gasteiger partial charge in [-0.15, -0.1) is 0 Å². The molecule has 0 radical (unpaired) electrons. The van der Waals surface area contributed by atoms with Crippen molar-refractivity contribution in [3.05, 3.63) is 0 Å². The number of aliphatic hydroxyl groups is 1. The van der Waals surface area contributed by atoms with Crippen LogP contribution in [0, 0.1) is 23.7 Å². The summed E-state index contributed by atoms with van der Waals surface area (Å²) in [6.07, 6.45) is 3.14. The third-order valence-corrected chi connectivity index (χ3v) is 4.56. The van der Waals surface area contributed by atoms with Gasteiger partial charge in [0.05, 0.1) is 13.2 Å². The van der Waals surface area contributed by atoms with Crippen molar-refractivity contribution in [2.24, 2.45) is 23.7 Å². The maximum atomic E-state index is 11.2. The minimum atomic E-state index is -0.483. The lowest BCUT2D eigenvalue weighted by molar-refractivity contribution is -0.144. The lowest BCUT2D eigenvalue weighted by atomic mass is 9.96. The number of alkyl halides is 1. The lowest BCUT2D eigenvalue weighted by Crippen LogP contribution is -2.14. The van der Waals surface area contributed by atoms with Crippen LogP contribution in [0.3, 0.4) is 0 Å². The number of hydrogen-bond donors (Lipinski definition) is 1. The van der Waals surface area contributed by atoms with Crippen LogP contribution in [0.4, 0.5) is 0 Å². The molecule has 5 heteroatoms. The number of halogens is 1. The Balaban J connectivity index is 0. The van der Waals surface area contributed by atoms with E-state index in [1.54, 1.807) is 0 Å². The van der Waals surface area contributed by atoms with E-state index in [0.717, 1.165) is 30.7 Å². The van der Waals surface area contributed by atoms with Crippen LogP contribution in [0.15, 0.2) is 0 Å². The number of ether oxygens (including phenoxy) is 2. The maximum Gasteiger partial charge on any atom is 0.306 e. The average molecular weight is 411 g/mol. The van der Waals surface area contributed by atoms with Gasteiger partial charge in [0.1, 0.15) is 0 Å². The number of carbonyl (C=O) groups is 1. The summed E-state index contributed by atoms with van der Waals surface area (Å²) in [5, 5.41) is 9.87. The Morgan fingerprint density at radius 3 is 2.29 bits per heavy atom. The molecule has 24 heavy (non-hydrogen) atoms. The summed E-state index contributed by atoms with van der Waals surface area (Å²) >= 11 is 3.42. The first kappa shape index (κ1) is 26.1. The molecule has 1 unspecified atom stereocenters. The second-order valence-corrected chi connectivity index (χ2v) is 7.83. The van der Waals surface area contributed by atoms with Gasteiger partial charge in [0.15, 0.2) is 6.29 Å². The molecule has 0 saturated carbocycles. The summed E-state index contributed by atoms with van der Waals surface area (Å²) in [5.41, 5.74) is 0. The van der Waals surface area contributed by atoms with Crippen molar-refractivity contribution in [1.29, 1.82) is 0 Å². The predicted molar refractivity (Wildman–Crippen MR) is 104 cm³/mol. The van der Waals surface area contributed by atoms with E-state index in [2.05, 4.69) is 43.6 Å². The van der Waals surface area contributed by atoms with Crippen LogP contribution in [-0.2, 0) is 14.3 Å². The van der Waals surface area contributed by atoms with E-state index in [1.165, 1.54) is 6.42 Å². The molecular weight excluding hydrogens is 372 g/mol. The van der Waals surface area contributed by atoms with E-state index < -0.39 is 6.29 Å². The second-order valence-electron chi connectivity index (χ2n) is 7.18. The van der Waals surface area contributed by atoms with Crippen LogP contribution in [0.1, 0.15) is 67.7 Å². The summed E-state index contributed by atoms with van der Waals surface area (Å²) in [6.45, 7) is 11.8. The SMILES string of the molecule is C.CC(C)C[C@@H]1COC(O)C1.CCOC(=O)C[C@@H](CBr)CC(C)C. The van der Waals surface area contributed by atoms with Crippen molar-refractivity contribution in [2.75, 3.05) is 18.5 Å². The Hall–Kier alpha value is -0.130. The van der Waals surface area contributed by atoms with Gasteiger partial charge >= 0.3 is 5.97 Å². The predicted octanol–water partition coefficient (Wildman–Crippen LogP) is 5.02. The Kier molecular flexibility index (Phi) is 16.5. The Labute approximate surface area is 157 Å². The molecule has 4 nitrogen and oxygen atoms in total. The molecule has 1 heterocycles. The number of rotatable bonds is 8. The Bertz CT molecular complexity index is 308. The largest absolute Gasteiger partial charge is 0.466 e. The summed E-state index contributed by atoms with van der Waals surface area (Å²) in [5.74, 6) is 2.29. The minimum absolute atomic E-state index is 0. The molecule has 146 valence electrons. The summed E-state index contributed by atoms with van der Waals surface area (Å²) in [4.78, 5) is 11.2. The van der Waals surface area contributed by atoms with Gasteiger partial charge in [-0.25, -0.2) is 0 Å². The highest BCUT2D eigenvalue weighted by Crippen LogP contribution is 2.23. The summed E-state index contributed by atoms with van der Waals surface area (Å²) in [6, 6.07) is 0. The van der Waals surface area contributed by atoms with Crippen LogP contribution in [0.2, 0.25) is 0 Å². The third-order valence-electron chi connectivity index (χ3n) is 3.65. The highest BCUT2D eigenvalue weighted by molar-refractivity contribution is 9.09. The summed E-state index contributed by atoms with van der Waals surface area (Å²) in [7, 11) is 0.